The van der Waals surface area contributed by atoms with Gasteiger partial charge in [0.25, 0.3) is 10.0 Å². The van der Waals surface area contributed by atoms with E-state index in [9.17, 15) is 26.4 Å². The Labute approximate surface area is 197 Å². The normalized spacial score (nSPS) is 12.8. The molecule has 0 saturated heterocycles. The van der Waals surface area contributed by atoms with E-state index in [2.05, 4.69) is 5.32 Å². The van der Waals surface area contributed by atoms with Crippen LogP contribution in [0.2, 0.25) is 0 Å². The third kappa shape index (κ3) is 5.96. The average molecular weight is 491 g/mol. The van der Waals surface area contributed by atoms with Crippen molar-refractivity contribution in [3.63, 3.8) is 0 Å². The van der Waals surface area contributed by atoms with Gasteiger partial charge < -0.3 is 5.32 Å². The standard InChI is InChI=1S/C25H25F3N2O3S/c1-17-7-11-20(12-8-17)19(3)29-24(31)16-30(22-6-4-5-21(15-22)25(26,27)28)34(32,33)23-13-9-18(2)10-14-23/h4-15,19H,16H2,1-3H3,(H,29,31)/t19-/m1/s1. The monoisotopic (exact) mass is 490 g/mol. The van der Waals surface area contributed by atoms with Gasteiger partial charge in [-0.3, -0.25) is 9.10 Å². The van der Waals surface area contributed by atoms with Crippen LogP contribution in [0.5, 0.6) is 0 Å². The van der Waals surface area contributed by atoms with Gasteiger partial charge in [0.15, 0.2) is 0 Å². The van der Waals surface area contributed by atoms with E-state index in [0.29, 0.717) is 4.31 Å². The van der Waals surface area contributed by atoms with Crippen molar-refractivity contribution in [2.45, 2.75) is 37.9 Å². The van der Waals surface area contributed by atoms with Crippen molar-refractivity contribution in [1.82, 2.24) is 5.32 Å². The Morgan fingerprint density at radius 2 is 1.50 bits per heavy atom. The maximum absolute atomic E-state index is 13.4. The Morgan fingerprint density at radius 3 is 2.06 bits per heavy atom. The lowest BCUT2D eigenvalue weighted by Crippen LogP contribution is -2.41. The van der Waals surface area contributed by atoms with Crippen LogP contribution in [-0.2, 0) is 21.0 Å². The van der Waals surface area contributed by atoms with Gasteiger partial charge in [0, 0.05) is 0 Å². The number of amides is 1. The summed E-state index contributed by atoms with van der Waals surface area (Å²) in [6.07, 6.45) is -4.67. The first-order valence-corrected chi connectivity index (χ1v) is 11.9. The quantitative estimate of drug-likeness (QED) is 0.483. The number of anilines is 1. The molecule has 1 atom stereocenters. The summed E-state index contributed by atoms with van der Waals surface area (Å²) in [6, 6.07) is 16.8. The Morgan fingerprint density at radius 1 is 0.941 bits per heavy atom. The van der Waals surface area contributed by atoms with Crippen molar-refractivity contribution in [2.75, 3.05) is 10.8 Å². The number of alkyl halides is 3. The molecule has 180 valence electrons. The molecular weight excluding hydrogens is 465 g/mol. The average Bonchev–Trinajstić information content (AvgIpc) is 2.77. The number of aryl methyl sites for hydroxylation is 2. The zero-order valence-electron chi connectivity index (χ0n) is 18.9. The first kappa shape index (κ1) is 25.3. The first-order valence-electron chi connectivity index (χ1n) is 10.5. The minimum Gasteiger partial charge on any atom is -0.348 e. The van der Waals surface area contributed by atoms with E-state index < -0.39 is 40.3 Å². The summed E-state index contributed by atoms with van der Waals surface area (Å²) in [5.41, 5.74) is 1.40. The molecule has 3 aromatic rings. The maximum atomic E-state index is 13.4. The number of carbonyl (C=O) groups is 1. The third-order valence-electron chi connectivity index (χ3n) is 5.31. The molecule has 0 aliphatic carbocycles. The van der Waals surface area contributed by atoms with E-state index >= 15 is 0 Å². The second kappa shape index (κ2) is 9.89. The van der Waals surface area contributed by atoms with Crippen LogP contribution in [0.1, 0.15) is 35.2 Å². The zero-order valence-corrected chi connectivity index (χ0v) is 19.7. The van der Waals surface area contributed by atoms with E-state index in [-0.39, 0.29) is 10.6 Å². The van der Waals surface area contributed by atoms with Gasteiger partial charge in [-0.15, -0.1) is 0 Å². The summed E-state index contributed by atoms with van der Waals surface area (Å²) < 4.78 is 67.4. The summed E-state index contributed by atoms with van der Waals surface area (Å²) >= 11 is 0. The number of sulfonamides is 1. The smallest absolute Gasteiger partial charge is 0.348 e. The number of nitrogens with zero attached hydrogens (tertiary/aromatic N) is 1. The fourth-order valence-electron chi connectivity index (χ4n) is 3.35. The lowest BCUT2D eigenvalue weighted by atomic mass is 10.1. The molecule has 3 rings (SSSR count). The topological polar surface area (TPSA) is 66.5 Å². The molecular formula is C25H25F3N2O3S. The van der Waals surface area contributed by atoms with Crippen LogP contribution in [0, 0.1) is 13.8 Å². The Balaban J connectivity index is 1.95. The lowest BCUT2D eigenvalue weighted by molar-refractivity contribution is -0.137. The van der Waals surface area contributed by atoms with Crippen LogP contribution < -0.4 is 9.62 Å². The van der Waals surface area contributed by atoms with Gasteiger partial charge >= 0.3 is 6.18 Å². The van der Waals surface area contributed by atoms with Crippen molar-refractivity contribution in [3.8, 4) is 0 Å². The largest absolute Gasteiger partial charge is 0.416 e. The second-order valence-electron chi connectivity index (χ2n) is 8.07. The molecule has 5 nitrogen and oxygen atoms in total. The number of nitrogens with one attached hydrogen (secondary N) is 1. The summed E-state index contributed by atoms with van der Waals surface area (Å²) in [4.78, 5) is 12.7. The minimum absolute atomic E-state index is 0.130. The molecule has 0 unspecified atom stereocenters. The summed E-state index contributed by atoms with van der Waals surface area (Å²) in [5.74, 6) is -0.652. The molecule has 0 fully saturated rings. The van der Waals surface area contributed by atoms with E-state index in [4.69, 9.17) is 0 Å². The number of carbonyl (C=O) groups excluding carboxylic acids is 1. The van der Waals surface area contributed by atoms with Gasteiger partial charge in [-0.05, 0) is 56.7 Å². The molecule has 0 aromatic heterocycles. The molecule has 0 bridgehead atoms. The Kier molecular flexibility index (Phi) is 7.35. The molecule has 0 heterocycles. The van der Waals surface area contributed by atoms with Gasteiger partial charge in [0.1, 0.15) is 6.54 Å². The van der Waals surface area contributed by atoms with Crippen molar-refractivity contribution in [1.29, 1.82) is 0 Å². The molecule has 1 amide bonds. The third-order valence-corrected chi connectivity index (χ3v) is 7.10. The molecule has 0 aliphatic rings. The van der Waals surface area contributed by atoms with Crippen LogP contribution in [0.3, 0.4) is 0 Å². The molecule has 0 spiro atoms. The highest BCUT2D eigenvalue weighted by atomic mass is 32.2. The summed E-state index contributed by atoms with van der Waals surface area (Å²) in [6.45, 7) is 4.76. The highest BCUT2D eigenvalue weighted by Gasteiger charge is 2.33. The van der Waals surface area contributed by atoms with Gasteiger partial charge in [0.2, 0.25) is 5.91 Å². The van der Waals surface area contributed by atoms with Gasteiger partial charge in [-0.1, -0.05) is 53.6 Å². The van der Waals surface area contributed by atoms with E-state index in [1.807, 2.05) is 31.2 Å². The van der Waals surface area contributed by atoms with Crippen LogP contribution >= 0.6 is 0 Å². The number of hydrogen-bond donors (Lipinski definition) is 1. The predicted molar refractivity (Wildman–Crippen MR) is 125 cm³/mol. The van der Waals surface area contributed by atoms with Gasteiger partial charge in [-0.25, -0.2) is 8.42 Å². The minimum atomic E-state index is -4.67. The maximum Gasteiger partial charge on any atom is 0.416 e. The Hall–Kier alpha value is -3.33. The van der Waals surface area contributed by atoms with Crippen LogP contribution in [0.4, 0.5) is 18.9 Å². The van der Waals surface area contributed by atoms with E-state index in [0.717, 1.165) is 34.9 Å². The van der Waals surface area contributed by atoms with Crippen molar-refractivity contribution < 1.29 is 26.4 Å². The van der Waals surface area contributed by atoms with E-state index in [1.54, 1.807) is 26.0 Å². The summed E-state index contributed by atoms with van der Waals surface area (Å²) in [7, 11) is -4.33. The zero-order chi connectivity index (χ0) is 25.1. The second-order valence-corrected chi connectivity index (χ2v) is 9.94. The highest BCUT2D eigenvalue weighted by Crippen LogP contribution is 2.33. The SMILES string of the molecule is Cc1ccc([C@@H](C)NC(=O)CN(c2cccc(C(F)(F)F)c2)S(=O)(=O)c2ccc(C)cc2)cc1. The highest BCUT2D eigenvalue weighted by molar-refractivity contribution is 7.92. The first-order chi connectivity index (χ1) is 15.9. The van der Waals surface area contributed by atoms with E-state index in [1.165, 1.54) is 18.2 Å². The molecule has 9 heteroatoms. The fraction of sp³-hybridized carbons (Fsp3) is 0.240. The molecule has 0 aliphatic heterocycles. The molecule has 0 saturated carbocycles. The molecule has 1 N–H and O–H groups in total. The van der Waals surface area contributed by atoms with Crippen molar-refractivity contribution >= 4 is 21.6 Å². The summed E-state index contributed by atoms with van der Waals surface area (Å²) in [5, 5.41) is 2.73. The number of hydrogen-bond acceptors (Lipinski definition) is 3. The van der Waals surface area contributed by atoms with Crippen molar-refractivity contribution in [2.24, 2.45) is 0 Å². The molecule has 3 aromatic carbocycles. The van der Waals surface area contributed by atoms with Crippen LogP contribution in [0.25, 0.3) is 0 Å². The number of rotatable bonds is 7. The fourth-order valence-corrected chi connectivity index (χ4v) is 4.76. The van der Waals surface area contributed by atoms with Crippen LogP contribution in [-0.4, -0.2) is 20.9 Å². The Bertz CT molecular complexity index is 1260. The number of benzene rings is 3. The van der Waals surface area contributed by atoms with Crippen LogP contribution in [0.15, 0.2) is 77.7 Å². The number of halogens is 3. The molecule has 34 heavy (non-hydrogen) atoms. The van der Waals surface area contributed by atoms with Gasteiger partial charge in [-0.2, -0.15) is 13.2 Å². The van der Waals surface area contributed by atoms with Gasteiger partial charge in [0.05, 0.1) is 22.2 Å². The molecule has 0 radical (unpaired) electrons. The lowest BCUT2D eigenvalue weighted by Gasteiger charge is -2.26. The predicted octanol–water partition coefficient (Wildman–Crippen LogP) is 5.39. The van der Waals surface area contributed by atoms with Crippen molar-refractivity contribution in [3.05, 3.63) is 95.1 Å².